The molecule has 2 fully saturated rings. The van der Waals surface area contributed by atoms with Gasteiger partial charge in [0.1, 0.15) is 5.82 Å². The Balaban J connectivity index is 1.78. The van der Waals surface area contributed by atoms with Crippen molar-refractivity contribution in [2.45, 2.75) is 25.4 Å². The van der Waals surface area contributed by atoms with Gasteiger partial charge in [0.15, 0.2) is 0 Å². The average molecular weight is 369 g/mol. The Hall–Kier alpha value is -1.51. The van der Waals surface area contributed by atoms with E-state index in [2.05, 4.69) is 4.90 Å². The lowest BCUT2D eigenvalue weighted by molar-refractivity contribution is -0.0372. The Bertz CT molecular complexity index is 764. The van der Waals surface area contributed by atoms with Gasteiger partial charge in [-0.1, -0.05) is 0 Å². The smallest absolute Gasteiger partial charge is 0.253 e. The number of rotatable bonds is 2. The second-order valence-electron chi connectivity index (χ2n) is 7.47. The number of carbonyl (C=O) groups excluding carboxylic acids is 1. The lowest BCUT2D eigenvalue weighted by atomic mass is 9.94. The maximum absolute atomic E-state index is 13.1. The summed E-state index contributed by atoms with van der Waals surface area (Å²) < 4.78 is 38.6. The molecular formula is C17H24FN3O3S. The highest BCUT2D eigenvalue weighted by atomic mass is 32.2. The van der Waals surface area contributed by atoms with Crippen LogP contribution in [-0.2, 0) is 10.0 Å². The zero-order chi connectivity index (χ0) is 18.4. The normalized spacial score (nSPS) is 24.8. The molecule has 1 aromatic carbocycles. The van der Waals surface area contributed by atoms with Gasteiger partial charge in [0.05, 0.1) is 6.26 Å². The SMILES string of the molecule is CC1(C)CN(S(C)(=O)=O)CC2CN(C(=O)c3ccc(F)cc3)CCN21. The van der Waals surface area contributed by atoms with Crippen molar-refractivity contribution in [3.8, 4) is 0 Å². The molecule has 1 aromatic rings. The molecule has 2 saturated heterocycles. The number of carbonyl (C=O) groups is 1. The monoisotopic (exact) mass is 369 g/mol. The number of halogens is 1. The molecule has 1 unspecified atom stereocenters. The van der Waals surface area contributed by atoms with Gasteiger partial charge < -0.3 is 4.90 Å². The van der Waals surface area contributed by atoms with E-state index in [9.17, 15) is 17.6 Å². The van der Waals surface area contributed by atoms with Gasteiger partial charge in [-0.25, -0.2) is 12.8 Å². The van der Waals surface area contributed by atoms with Gasteiger partial charge >= 0.3 is 0 Å². The average Bonchev–Trinajstić information content (AvgIpc) is 2.53. The quantitative estimate of drug-likeness (QED) is 0.781. The summed E-state index contributed by atoms with van der Waals surface area (Å²) in [4.78, 5) is 16.7. The van der Waals surface area contributed by atoms with Crippen LogP contribution in [0.4, 0.5) is 4.39 Å². The second-order valence-corrected chi connectivity index (χ2v) is 9.46. The zero-order valence-electron chi connectivity index (χ0n) is 14.8. The molecule has 3 rings (SSSR count). The molecule has 138 valence electrons. The van der Waals surface area contributed by atoms with Gasteiger partial charge in [0, 0.05) is 49.9 Å². The van der Waals surface area contributed by atoms with Crippen LogP contribution in [0.5, 0.6) is 0 Å². The van der Waals surface area contributed by atoms with Gasteiger partial charge in [-0.05, 0) is 38.1 Å². The third kappa shape index (κ3) is 3.70. The summed E-state index contributed by atoms with van der Waals surface area (Å²) in [6.07, 6.45) is 1.23. The highest BCUT2D eigenvalue weighted by Crippen LogP contribution is 2.29. The van der Waals surface area contributed by atoms with E-state index >= 15 is 0 Å². The van der Waals surface area contributed by atoms with Crippen molar-refractivity contribution >= 4 is 15.9 Å². The van der Waals surface area contributed by atoms with Gasteiger partial charge in [0.25, 0.3) is 5.91 Å². The third-order valence-corrected chi connectivity index (χ3v) is 6.30. The van der Waals surface area contributed by atoms with Crippen LogP contribution < -0.4 is 0 Å². The van der Waals surface area contributed by atoms with Crippen LogP contribution in [0.1, 0.15) is 24.2 Å². The number of fused-ring (bicyclic) bond motifs is 1. The van der Waals surface area contributed by atoms with Crippen LogP contribution in [0.25, 0.3) is 0 Å². The summed E-state index contributed by atoms with van der Waals surface area (Å²) in [6.45, 7) is 6.65. The van der Waals surface area contributed by atoms with Crippen LogP contribution in [0.15, 0.2) is 24.3 Å². The minimum absolute atomic E-state index is 0.0448. The van der Waals surface area contributed by atoms with E-state index in [0.29, 0.717) is 38.3 Å². The molecule has 2 heterocycles. The van der Waals surface area contributed by atoms with E-state index in [1.165, 1.54) is 34.8 Å². The summed E-state index contributed by atoms with van der Waals surface area (Å²) in [7, 11) is -3.28. The summed E-state index contributed by atoms with van der Waals surface area (Å²) >= 11 is 0. The number of piperazine rings is 2. The second kappa shape index (κ2) is 6.34. The van der Waals surface area contributed by atoms with Crippen molar-refractivity contribution < 1.29 is 17.6 Å². The standard InChI is InChI=1S/C17H24FN3O3S/c1-17(2)12-20(25(3,23)24)11-15-10-19(8-9-21(15)17)16(22)13-4-6-14(18)7-5-13/h4-7,15H,8-12H2,1-3H3. The van der Waals surface area contributed by atoms with E-state index in [1.54, 1.807) is 4.90 Å². The number of benzene rings is 1. The van der Waals surface area contributed by atoms with Gasteiger partial charge in [-0.15, -0.1) is 0 Å². The Labute approximate surface area is 148 Å². The summed E-state index contributed by atoms with van der Waals surface area (Å²) in [6, 6.07) is 5.48. The maximum atomic E-state index is 13.1. The van der Waals surface area contributed by atoms with Crippen molar-refractivity contribution in [2.24, 2.45) is 0 Å². The molecule has 0 aromatic heterocycles. The largest absolute Gasteiger partial charge is 0.336 e. The molecule has 8 heteroatoms. The first-order chi connectivity index (χ1) is 11.6. The Morgan fingerprint density at radius 2 is 1.80 bits per heavy atom. The zero-order valence-corrected chi connectivity index (χ0v) is 15.6. The van der Waals surface area contributed by atoms with E-state index in [-0.39, 0.29) is 23.3 Å². The van der Waals surface area contributed by atoms with E-state index in [1.807, 2.05) is 13.8 Å². The molecule has 6 nitrogen and oxygen atoms in total. The number of hydrogen-bond acceptors (Lipinski definition) is 4. The molecule has 0 N–H and O–H groups in total. The topological polar surface area (TPSA) is 60.9 Å². The highest BCUT2D eigenvalue weighted by Gasteiger charge is 2.45. The van der Waals surface area contributed by atoms with Crippen molar-refractivity contribution in [1.82, 2.24) is 14.1 Å². The molecule has 25 heavy (non-hydrogen) atoms. The molecule has 0 bridgehead atoms. The minimum atomic E-state index is -3.28. The fourth-order valence-corrected chi connectivity index (χ4v) is 4.84. The van der Waals surface area contributed by atoms with Gasteiger partial charge in [-0.2, -0.15) is 4.31 Å². The first kappa shape index (κ1) is 18.3. The van der Waals surface area contributed by atoms with Crippen LogP contribution >= 0.6 is 0 Å². The Kier molecular flexibility index (Phi) is 4.63. The predicted molar refractivity (Wildman–Crippen MR) is 93.3 cm³/mol. The van der Waals surface area contributed by atoms with Crippen LogP contribution in [0.3, 0.4) is 0 Å². The number of amides is 1. The molecule has 0 saturated carbocycles. The highest BCUT2D eigenvalue weighted by molar-refractivity contribution is 7.88. The number of nitrogens with zero attached hydrogens (tertiary/aromatic N) is 3. The summed E-state index contributed by atoms with van der Waals surface area (Å²) in [5.74, 6) is -0.520. The molecule has 1 amide bonds. The van der Waals surface area contributed by atoms with Crippen LogP contribution in [0, 0.1) is 5.82 Å². The van der Waals surface area contributed by atoms with Crippen molar-refractivity contribution in [3.63, 3.8) is 0 Å². The minimum Gasteiger partial charge on any atom is -0.336 e. The van der Waals surface area contributed by atoms with Crippen LogP contribution in [0.2, 0.25) is 0 Å². The maximum Gasteiger partial charge on any atom is 0.253 e. The van der Waals surface area contributed by atoms with Crippen molar-refractivity contribution in [3.05, 3.63) is 35.6 Å². The van der Waals surface area contributed by atoms with Gasteiger partial charge in [0.2, 0.25) is 10.0 Å². The Morgan fingerprint density at radius 3 is 2.40 bits per heavy atom. The third-order valence-electron chi connectivity index (χ3n) is 5.09. The Morgan fingerprint density at radius 1 is 1.16 bits per heavy atom. The van der Waals surface area contributed by atoms with Gasteiger partial charge in [-0.3, -0.25) is 9.69 Å². The van der Waals surface area contributed by atoms with E-state index in [4.69, 9.17) is 0 Å². The fraction of sp³-hybridized carbons (Fsp3) is 0.588. The molecule has 2 aliphatic heterocycles. The fourth-order valence-electron chi connectivity index (χ4n) is 3.84. The lowest BCUT2D eigenvalue weighted by Gasteiger charge is -2.54. The number of hydrogen-bond donors (Lipinski definition) is 0. The summed E-state index contributed by atoms with van der Waals surface area (Å²) in [5, 5.41) is 0. The van der Waals surface area contributed by atoms with E-state index < -0.39 is 10.0 Å². The van der Waals surface area contributed by atoms with Crippen molar-refractivity contribution in [1.29, 1.82) is 0 Å². The lowest BCUT2D eigenvalue weighted by Crippen LogP contribution is -2.70. The molecule has 0 spiro atoms. The summed E-state index contributed by atoms with van der Waals surface area (Å²) in [5.41, 5.74) is 0.168. The first-order valence-corrected chi connectivity index (χ1v) is 10.2. The van der Waals surface area contributed by atoms with Crippen molar-refractivity contribution in [2.75, 3.05) is 39.0 Å². The molecule has 2 aliphatic rings. The molecule has 1 atom stereocenters. The van der Waals surface area contributed by atoms with E-state index in [0.717, 1.165) is 0 Å². The molecule has 0 radical (unpaired) electrons. The first-order valence-electron chi connectivity index (χ1n) is 8.35. The molecule has 0 aliphatic carbocycles. The predicted octanol–water partition coefficient (Wildman–Crippen LogP) is 1.01. The van der Waals surface area contributed by atoms with Crippen LogP contribution in [-0.4, -0.2) is 79.0 Å². The molecular weight excluding hydrogens is 345 g/mol. The number of sulfonamides is 1.